The summed E-state index contributed by atoms with van der Waals surface area (Å²) < 4.78 is 1.48. The Bertz CT molecular complexity index is 702. The largest absolute Gasteiger partial charge is 0.358 e. The Morgan fingerprint density at radius 2 is 2.00 bits per heavy atom. The fourth-order valence-corrected chi connectivity index (χ4v) is 2.59. The maximum atomic E-state index is 12.2. The molecule has 0 saturated heterocycles. The third-order valence-corrected chi connectivity index (χ3v) is 4.23. The van der Waals surface area contributed by atoms with Gasteiger partial charge < -0.3 is 10.6 Å². The van der Waals surface area contributed by atoms with Crippen LogP contribution >= 0.6 is 0 Å². The maximum absolute atomic E-state index is 12.2. The van der Waals surface area contributed by atoms with E-state index in [9.17, 15) is 9.59 Å². The summed E-state index contributed by atoms with van der Waals surface area (Å²) in [6, 6.07) is 7.79. The third kappa shape index (κ3) is 3.59. The molecule has 0 spiro atoms. The van der Waals surface area contributed by atoms with Crippen LogP contribution in [0, 0.1) is 0 Å². The molecule has 0 unspecified atom stereocenters. The second-order valence-corrected chi connectivity index (χ2v) is 5.80. The maximum Gasteiger partial charge on any atom is 0.255 e. The number of nitrogens with zero attached hydrogens (tertiary/aromatic N) is 2. The first-order valence-corrected chi connectivity index (χ1v) is 7.80. The van der Waals surface area contributed by atoms with Crippen LogP contribution in [0.5, 0.6) is 0 Å². The van der Waals surface area contributed by atoms with Gasteiger partial charge in [0.25, 0.3) is 5.91 Å². The standard InChI is InChI=1S/C17H20N4O2/c1-18-16(22)11-21-10-15(9-19-21)20-17(23)14-7-5-13(6-8-14)12-3-2-4-12/h5-10,12H,2-4,11H2,1H3,(H,18,22)(H,20,23). The topological polar surface area (TPSA) is 76.0 Å². The first-order valence-electron chi connectivity index (χ1n) is 7.80. The summed E-state index contributed by atoms with van der Waals surface area (Å²) in [4.78, 5) is 23.5. The van der Waals surface area contributed by atoms with Crippen molar-refractivity contribution in [2.45, 2.75) is 31.7 Å². The van der Waals surface area contributed by atoms with Gasteiger partial charge in [-0.25, -0.2) is 0 Å². The van der Waals surface area contributed by atoms with E-state index in [1.54, 1.807) is 13.2 Å². The summed E-state index contributed by atoms with van der Waals surface area (Å²) in [6.45, 7) is 0.127. The Morgan fingerprint density at radius 3 is 2.61 bits per heavy atom. The van der Waals surface area contributed by atoms with Crippen molar-refractivity contribution in [2.75, 3.05) is 12.4 Å². The molecule has 2 amide bonds. The highest BCUT2D eigenvalue weighted by atomic mass is 16.2. The number of aromatic nitrogens is 2. The summed E-state index contributed by atoms with van der Waals surface area (Å²) in [5.41, 5.74) is 2.50. The van der Waals surface area contributed by atoms with E-state index < -0.39 is 0 Å². The molecule has 2 N–H and O–H groups in total. The van der Waals surface area contributed by atoms with Gasteiger partial charge in [0.15, 0.2) is 0 Å². The minimum Gasteiger partial charge on any atom is -0.358 e. The highest BCUT2D eigenvalue weighted by molar-refractivity contribution is 6.04. The molecule has 120 valence electrons. The van der Waals surface area contributed by atoms with E-state index in [0.717, 1.165) is 0 Å². The van der Waals surface area contributed by atoms with Crippen LogP contribution in [0.3, 0.4) is 0 Å². The molecular formula is C17H20N4O2. The molecule has 3 rings (SSSR count). The smallest absolute Gasteiger partial charge is 0.255 e. The highest BCUT2D eigenvalue weighted by Gasteiger charge is 2.19. The van der Waals surface area contributed by atoms with Crippen LogP contribution in [0.4, 0.5) is 5.69 Å². The lowest BCUT2D eigenvalue weighted by Gasteiger charge is -2.25. The van der Waals surface area contributed by atoms with E-state index in [0.29, 0.717) is 17.2 Å². The average molecular weight is 312 g/mol. The van der Waals surface area contributed by atoms with E-state index in [1.807, 2.05) is 24.3 Å². The molecule has 1 heterocycles. The highest BCUT2D eigenvalue weighted by Crippen LogP contribution is 2.36. The number of likely N-dealkylation sites (N-methyl/N-ethyl adjacent to an activating group) is 1. The normalized spacial score (nSPS) is 14.1. The molecule has 6 nitrogen and oxygen atoms in total. The lowest BCUT2D eigenvalue weighted by Crippen LogP contribution is -2.23. The number of benzene rings is 1. The first kappa shape index (κ1) is 15.3. The Morgan fingerprint density at radius 1 is 1.26 bits per heavy atom. The van der Waals surface area contributed by atoms with Gasteiger partial charge in [0.1, 0.15) is 6.54 Å². The van der Waals surface area contributed by atoms with Crippen molar-refractivity contribution in [2.24, 2.45) is 0 Å². The molecule has 0 atom stereocenters. The average Bonchev–Trinajstić information content (AvgIpc) is 2.93. The molecule has 1 fully saturated rings. The number of anilines is 1. The molecule has 1 saturated carbocycles. The number of carbonyl (C=O) groups excluding carboxylic acids is 2. The molecule has 0 bridgehead atoms. The monoisotopic (exact) mass is 312 g/mol. The zero-order valence-corrected chi connectivity index (χ0v) is 13.1. The number of rotatable bonds is 5. The van der Waals surface area contributed by atoms with Gasteiger partial charge in [-0.1, -0.05) is 18.6 Å². The van der Waals surface area contributed by atoms with Crippen LogP contribution in [0.25, 0.3) is 0 Å². The van der Waals surface area contributed by atoms with Gasteiger partial charge in [-0.05, 0) is 36.5 Å². The van der Waals surface area contributed by atoms with Gasteiger partial charge in [-0.3, -0.25) is 14.3 Å². The van der Waals surface area contributed by atoms with Gasteiger partial charge in [0, 0.05) is 18.8 Å². The van der Waals surface area contributed by atoms with Crippen molar-refractivity contribution < 1.29 is 9.59 Å². The Hall–Kier alpha value is -2.63. The van der Waals surface area contributed by atoms with E-state index in [2.05, 4.69) is 15.7 Å². The molecule has 1 aliphatic carbocycles. The number of amides is 2. The molecule has 0 radical (unpaired) electrons. The predicted molar refractivity (Wildman–Crippen MR) is 87.3 cm³/mol. The molecule has 23 heavy (non-hydrogen) atoms. The number of hydrogen-bond acceptors (Lipinski definition) is 3. The zero-order chi connectivity index (χ0) is 16.2. The molecule has 0 aliphatic heterocycles. The van der Waals surface area contributed by atoms with Gasteiger partial charge in [0.05, 0.1) is 11.9 Å². The molecule has 1 aliphatic rings. The number of nitrogens with one attached hydrogen (secondary N) is 2. The molecule has 6 heteroatoms. The quantitative estimate of drug-likeness (QED) is 0.888. The second-order valence-electron chi connectivity index (χ2n) is 5.80. The van der Waals surface area contributed by atoms with Gasteiger partial charge in [-0.2, -0.15) is 5.10 Å². The Kier molecular flexibility index (Phi) is 4.41. The SMILES string of the molecule is CNC(=O)Cn1cc(NC(=O)c2ccc(C3CCC3)cc2)cn1. The summed E-state index contributed by atoms with van der Waals surface area (Å²) in [5, 5.41) is 9.37. The first-order chi connectivity index (χ1) is 11.2. The molecule has 1 aromatic heterocycles. The third-order valence-electron chi connectivity index (χ3n) is 4.23. The zero-order valence-electron chi connectivity index (χ0n) is 13.1. The number of hydrogen-bond donors (Lipinski definition) is 2. The van der Waals surface area contributed by atoms with Crippen molar-refractivity contribution in [3.8, 4) is 0 Å². The van der Waals surface area contributed by atoms with E-state index in [1.165, 1.54) is 35.7 Å². The van der Waals surface area contributed by atoms with Crippen molar-refractivity contribution in [1.29, 1.82) is 0 Å². The number of carbonyl (C=O) groups is 2. The minimum atomic E-state index is -0.176. The summed E-state index contributed by atoms with van der Waals surface area (Å²) in [5.74, 6) is 0.345. The summed E-state index contributed by atoms with van der Waals surface area (Å²) in [7, 11) is 1.57. The summed E-state index contributed by atoms with van der Waals surface area (Å²) in [6.07, 6.45) is 6.96. The fraction of sp³-hybridized carbons (Fsp3) is 0.353. The molecular weight excluding hydrogens is 292 g/mol. The summed E-state index contributed by atoms with van der Waals surface area (Å²) >= 11 is 0. The molecule has 1 aromatic carbocycles. The van der Waals surface area contributed by atoms with Crippen LogP contribution in [0.2, 0.25) is 0 Å². The van der Waals surface area contributed by atoms with Crippen molar-refractivity contribution >= 4 is 17.5 Å². The molecule has 2 aromatic rings. The fourth-order valence-electron chi connectivity index (χ4n) is 2.59. The van der Waals surface area contributed by atoms with Crippen LogP contribution in [-0.2, 0) is 11.3 Å². The van der Waals surface area contributed by atoms with Gasteiger partial charge in [0.2, 0.25) is 5.91 Å². The van der Waals surface area contributed by atoms with Crippen LogP contribution in [0.1, 0.15) is 41.1 Å². The van der Waals surface area contributed by atoms with E-state index in [4.69, 9.17) is 0 Å². The minimum absolute atomic E-state index is 0.127. The van der Waals surface area contributed by atoms with Crippen molar-refractivity contribution in [3.63, 3.8) is 0 Å². The Balaban J connectivity index is 1.61. The van der Waals surface area contributed by atoms with Crippen LogP contribution in [-0.4, -0.2) is 28.6 Å². The lowest BCUT2D eigenvalue weighted by atomic mass is 9.80. The lowest BCUT2D eigenvalue weighted by molar-refractivity contribution is -0.121. The van der Waals surface area contributed by atoms with Crippen molar-refractivity contribution in [1.82, 2.24) is 15.1 Å². The second kappa shape index (κ2) is 6.64. The Labute approximate surface area is 134 Å². The van der Waals surface area contributed by atoms with Crippen LogP contribution < -0.4 is 10.6 Å². The van der Waals surface area contributed by atoms with E-state index >= 15 is 0 Å². The van der Waals surface area contributed by atoms with Crippen molar-refractivity contribution in [3.05, 3.63) is 47.8 Å². The predicted octanol–water partition coefficient (Wildman–Crippen LogP) is 2.15. The van der Waals surface area contributed by atoms with Gasteiger partial charge in [-0.15, -0.1) is 0 Å². The van der Waals surface area contributed by atoms with Gasteiger partial charge >= 0.3 is 0 Å². The van der Waals surface area contributed by atoms with Crippen LogP contribution in [0.15, 0.2) is 36.7 Å². The van der Waals surface area contributed by atoms with E-state index in [-0.39, 0.29) is 18.4 Å².